The van der Waals surface area contributed by atoms with Gasteiger partial charge in [-0.1, -0.05) is 0 Å². The van der Waals surface area contributed by atoms with E-state index in [1.165, 1.54) is 13.2 Å². The van der Waals surface area contributed by atoms with Crippen LogP contribution >= 0.6 is 0 Å². The average molecular weight is 243 g/mol. The first-order chi connectivity index (χ1) is 7.74. The molecule has 6 nitrogen and oxygen atoms in total. The third kappa shape index (κ3) is 3.37. The summed E-state index contributed by atoms with van der Waals surface area (Å²) in [5.74, 6) is -0.661. The SMILES string of the molecule is COC(=O)[C@@H]1C=C(O)CN1C(=O)OC(C)(C)C. The second-order valence-electron chi connectivity index (χ2n) is 4.73. The molecule has 1 rings (SSSR count). The van der Waals surface area contributed by atoms with Crippen LogP contribution in [0.1, 0.15) is 20.8 Å². The van der Waals surface area contributed by atoms with Crippen molar-refractivity contribution >= 4 is 12.1 Å². The summed E-state index contributed by atoms with van der Waals surface area (Å²) in [7, 11) is 1.22. The summed E-state index contributed by atoms with van der Waals surface area (Å²) >= 11 is 0. The molecule has 17 heavy (non-hydrogen) atoms. The van der Waals surface area contributed by atoms with Gasteiger partial charge in [0.25, 0.3) is 0 Å². The standard InChI is InChI=1S/C11H17NO5/c1-11(2,3)17-10(15)12-6-7(13)5-8(12)9(14)16-4/h5,8,13H,6H2,1-4H3/t8-/m0/s1. The zero-order valence-corrected chi connectivity index (χ0v) is 10.4. The number of carbonyl (C=O) groups is 2. The molecule has 1 amide bonds. The Morgan fingerprint density at radius 2 is 2.06 bits per heavy atom. The third-order valence-electron chi connectivity index (χ3n) is 2.09. The number of nitrogens with zero attached hydrogens (tertiary/aromatic N) is 1. The minimum Gasteiger partial charge on any atom is -0.511 e. The summed E-state index contributed by atoms with van der Waals surface area (Å²) in [6.07, 6.45) is 0.614. The molecular weight excluding hydrogens is 226 g/mol. The first-order valence-corrected chi connectivity index (χ1v) is 5.21. The van der Waals surface area contributed by atoms with Gasteiger partial charge in [-0.3, -0.25) is 4.90 Å². The molecule has 1 aliphatic rings. The van der Waals surface area contributed by atoms with Gasteiger partial charge in [0.2, 0.25) is 0 Å². The zero-order chi connectivity index (χ0) is 13.2. The van der Waals surface area contributed by atoms with Crippen molar-refractivity contribution in [3.63, 3.8) is 0 Å². The molecule has 1 N–H and O–H groups in total. The van der Waals surface area contributed by atoms with Crippen LogP contribution < -0.4 is 0 Å². The van der Waals surface area contributed by atoms with E-state index in [1.54, 1.807) is 20.8 Å². The molecule has 0 bridgehead atoms. The van der Waals surface area contributed by atoms with Gasteiger partial charge in [0, 0.05) is 0 Å². The number of carbonyl (C=O) groups excluding carboxylic acids is 2. The highest BCUT2D eigenvalue weighted by Gasteiger charge is 2.37. The third-order valence-corrected chi connectivity index (χ3v) is 2.09. The Bertz CT molecular complexity index is 355. The van der Waals surface area contributed by atoms with Gasteiger partial charge in [0.1, 0.15) is 11.4 Å². The molecule has 6 heteroatoms. The Kier molecular flexibility index (Phi) is 3.65. The summed E-state index contributed by atoms with van der Waals surface area (Å²) in [4.78, 5) is 24.3. The van der Waals surface area contributed by atoms with Crippen LogP contribution in [-0.2, 0) is 14.3 Å². The van der Waals surface area contributed by atoms with Gasteiger partial charge in [-0.05, 0) is 26.8 Å². The largest absolute Gasteiger partial charge is 0.511 e. The highest BCUT2D eigenvalue weighted by molar-refractivity contribution is 5.84. The Hall–Kier alpha value is -1.72. The zero-order valence-electron chi connectivity index (χ0n) is 10.4. The van der Waals surface area contributed by atoms with Gasteiger partial charge in [0.15, 0.2) is 6.04 Å². The van der Waals surface area contributed by atoms with Crippen LogP contribution in [0.15, 0.2) is 11.8 Å². The topological polar surface area (TPSA) is 76.1 Å². The van der Waals surface area contributed by atoms with Crippen molar-refractivity contribution in [2.24, 2.45) is 0 Å². The number of aliphatic hydroxyl groups excluding tert-OH is 1. The molecule has 0 unspecified atom stereocenters. The summed E-state index contributed by atoms with van der Waals surface area (Å²) in [5, 5.41) is 9.37. The normalized spacial score (nSPS) is 19.9. The van der Waals surface area contributed by atoms with Crippen molar-refractivity contribution in [1.82, 2.24) is 4.90 Å². The maximum Gasteiger partial charge on any atom is 0.411 e. The van der Waals surface area contributed by atoms with E-state index in [-0.39, 0.29) is 12.3 Å². The molecular formula is C11H17NO5. The molecule has 1 atom stereocenters. The minimum atomic E-state index is -0.921. The Morgan fingerprint density at radius 1 is 1.47 bits per heavy atom. The molecule has 1 aliphatic heterocycles. The molecule has 0 aromatic heterocycles. The maximum atomic E-state index is 11.8. The molecule has 0 aromatic rings. The van der Waals surface area contributed by atoms with Gasteiger partial charge in [-0.2, -0.15) is 0 Å². The minimum absolute atomic E-state index is 0.0469. The molecule has 0 aromatic carbocycles. The van der Waals surface area contributed by atoms with Crippen molar-refractivity contribution in [2.45, 2.75) is 32.4 Å². The number of aliphatic hydroxyl groups is 1. The monoisotopic (exact) mass is 243 g/mol. The first kappa shape index (κ1) is 13.3. The molecule has 96 valence electrons. The summed E-state index contributed by atoms with van der Waals surface area (Å²) < 4.78 is 9.68. The molecule has 0 aliphatic carbocycles. The van der Waals surface area contributed by atoms with Crippen molar-refractivity contribution in [3.05, 3.63) is 11.8 Å². The van der Waals surface area contributed by atoms with Crippen molar-refractivity contribution in [3.8, 4) is 0 Å². The van der Waals surface area contributed by atoms with Crippen molar-refractivity contribution in [1.29, 1.82) is 0 Å². The highest BCUT2D eigenvalue weighted by atomic mass is 16.6. The van der Waals surface area contributed by atoms with Crippen LogP contribution in [0.5, 0.6) is 0 Å². The van der Waals surface area contributed by atoms with Crippen LogP contribution in [0.4, 0.5) is 4.79 Å². The molecule has 1 heterocycles. The number of amides is 1. The van der Waals surface area contributed by atoms with Crippen molar-refractivity contribution < 1.29 is 24.2 Å². The summed E-state index contributed by atoms with van der Waals surface area (Å²) in [6.45, 7) is 5.12. The van der Waals surface area contributed by atoms with E-state index in [4.69, 9.17) is 4.74 Å². The lowest BCUT2D eigenvalue weighted by atomic mass is 10.2. The molecule has 0 spiro atoms. The predicted octanol–water partition coefficient (Wildman–Crippen LogP) is 1.22. The number of ether oxygens (including phenoxy) is 2. The Labute approximate surface area is 99.8 Å². The van der Waals surface area contributed by atoms with E-state index in [0.717, 1.165) is 4.90 Å². The van der Waals surface area contributed by atoms with E-state index in [1.807, 2.05) is 0 Å². The van der Waals surface area contributed by atoms with E-state index in [9.17, 15) is 14.7 Å². The van der Waals surface area contributed by atoms with Crippen LogP contribution in [0.2, 0.25) is 0 Å². The second kappa shape index (κ2) is 4.65. The lowest BCUT2D eigenvalue weighted by Crippen LogP contribution is -2.44. The second-order valence-corrected chi connectivity index (χ2v) is 4.73. The van der Waals surface area contributed by atoms with Crippen LogP contribution in [0.25, 0.3) is 0 Å². The summed E-state index contributed by atoms with van der Waals surface area (Å²) in [6, 6.07) is -0.921. The Balaban J connectivity index is 2.77. The number of esters is 1. The van der Waals surface area contributed by atoms with Crippen molar-refractivity contribution in [2.75, 3.05) is 13.7 Å². The van der Waals surface area contributed by atoms with E-state index < -0.39 is 23.7 Å². The van der Waals surface area contributed by atoms with Gasteiger partial charge in [-0.15, -0.1) is 0 Å². The van der Waals surface area contributed by atoms with Crippen LogP contribution in [-0.4, -0.2) is 47.4 Å². The number of methoxy groups -OCH3 is 1. The molecule has 0 fully saturated rings. The van der Waals surface area contributed by atoms with Crippen LogP contribution in [0.3, 0.4) is 0 Å². The van der Waals surface area contributed by atoms with Gasteiger partial charge < -0.3 is 14.6 Å². The smallest absolute Gasteiger partial charge is 0.411 e. The van der Waals surface area contributed by atoms with E-state index >= 15 is 0 Å². The predicted molar refractivity (Wildman–Crippen MR) is 59.5 cm³/mol. The lowest BCUT2D eigenvalue weighted by Gasteiger charge is -2.27. The Morgan fingerprint density at radius 3 is 2.53 bits per heavy atom. The number of rotatable bonds is 1. The average Bonchev–Trinajstić information content (AvgIpc) is 2.56. The highest BCUT2D eigenvalue weighted by Crippen LogP contribution is 2.19. The van der Waals surface area contributed by atoms with Gasteiger partial charge in [0.05, 0.1) is 13.7 Å². The fourth-order valence-corrected chi connectivity index (χ4v) is 1.41. The lowest BCUT2D eigenvalue weighted by molar-refractivity contribution is -0.144. The fourth-order valence-electron chi connectivity index (χ4n) is 1.41. The van der Waals surface area contributed by atoms with Gasteiger partial charge >= 0.3 is 12.1 Å². The van der Waals surface area contributed by atoms with E-state index in [0.29, 0.717) is 0 Å². The summed E-state index contributed by atoms with van der Waals surface area (Å²) in [5.41, 5.74) is -0.657. The van der Waals surface area contributed by atoms with Crippen LogP contribution in [0, 0.1) is 0 Å². The first-order valence-electron chi connectivity index (χ1n) is 5.21. The maximum absolute atomic E-state index is 11.8. The molecule has 0 radical (unpaired) electrons. The molecule has 0 saturated carbocycles. The number of hydrogen-bond acceptors (Lipinski definition) is 5. The van der Waals surface area contributed by atoms with E-state index in [2.05, 4.69) is 4.74 Å². The molecule has 0 saturated heterocycles. The quantitative estimate of drug-likeness (QED) is 0.701. The van der Waals surface area contributed by atoms with Gasteiger partial charge in [-0.25, -0.2) is 9.59 Å². The number of hydrogen-bond donors (Lipinski definition) is 1. The fraction of sp³-hybridized carbons (Fsp3) is 0.636.